The zero-order valence-corrected chi connectivity index (χ0v) is 11.6. The van der Waals surface area contributed by atoms with E-state index < -0.39 is 16.7 Å². The number of nitrogens with one attached hydrogen (secondary N) is 1. The van der Waals surface area contributed by atoms with Gasteiger partial charge in [0, 0.05) is 12.6 Å². The molecule has 2 rings (SSSR count). The molecule has 0 bridgehead atoms. The highest BCUT2D eigenvalue weighted by molar-refractivity contribution is 5.46. The normalized spacial score (nSPS) is 11.5. The second-order valence-electron chi connectivity index (χ2n) is 4.58. The number of benzene rings is 1. The van der Waals surface area contributed by atoms with E-state index in [1.807, 2.05) is 0 Å². The Balaban J connectivity index is 2.03. The van der Waals surface area contributed by atoms with Gasteiger partial charge in [-0.1, -0.05) is 6.07 Å². The fourth-order valence-corrected chi connectivity index (χ4v) is 2.00. The molecule has 1 N–H and O–H groups in total. The molecule has 0 saturated carbocycles. The van der Waals surface area contributed by atoms with E-state index >= 15 is 0 Å². The number of anilines is 1. The Morgan fingerprint density at radius 2 is 2.14 bits per heavy atom. The van der Waals surface area contributed by atoms with Crippen molar-refractivity contribution in [2.45, 2.75) is 19.6 Å². The van der Waals surface area contributed by atoms with Crippen LogP contribution >= 0.6 is 0 Å². The third-order valence-electron chi connectivity index (χ3n) is 3.08. The molecule has 0 amide bonds. The molecule has 0 spiro atoms. The number of aromatic nitrogens is 2. The third kappa shape index (κ3) is 3.54. The number of halogens is 3. The van der Waals surface area contributed by atoms with Crippen molar-refractivity contribution < 1.29 is 18.1 Å². The topological polar surface area (TPSA) is 73.0 Å². The number of hydrogen-bond donors (Lipinski definition) is 1. The van der Waals surface area contributed by atoms with Gasteiger partial charge in [0.2, 0.25) is 0 Å². The molecule has 6 nitrogen and oxygen atoms in total. The van der Waals surface area contributed by atoms with Crippen molar-refractivity contribution in [1.82, 2.24) is 9.55 Å². The summed E-state index contributed by atoms with van der Waals surface area (Å²) in [5, 5.41) is 13.6. The van der Waals surface area contributed by atoms with E-state index in [2.05, 4.69) is 10.3 Å². The maximum atomic E-state index is 12.6. The first-order valence-corrected chi connectivity index (χ1v) is 6.36. The quantitative estimate of drug-likeness (QED) is 0.679. The van der Waals surface area contributed by atoms with Crippen molar-refractivity contribution in [2.75, 3.05) is 11.9 Å². The monoisotopic (exact) mass is 314 g/mol. The molecule has 0 aliphatic rings. The number of nitrogens with zero attached hydrogens (tertiary/aromatic N) is 3. The number of imidazole rings is 1. The first kappa shape index (κ1) is 15.8. The smallest absolute Gasteiger partial charge is 0.381 e. The van der Waals surface area contributed by atoms with E-state index in [0.29, 0.717) is 11.5 Å². The minimum atomic E-state index is -4.41. The maximum absolute atomic E-state index is 12.6. The molecule has 118 valence electrons. The van der Waals surface area contributed by atoms with E-state index in [9.17, 15) is 23.3 Å². The van der Waals surface area contributed by atoms with E-state index in [1.54, 1.807) is 6.92 Å². The van der Waals surface area contributed by atoms with Crippen molar-refractivity contribution in [3.63, 3.8) is 0 Å². The van der Waals surface area contributed by atoms with Crippen LogP contribution in [-0.2, 0) is 12.7 Å². The molecule has 1 aromatic carbocycles. The van der Waals surface area contributed by atoms with Gasteiger partial charge in [-0.05, 0) is 23.1 Å². The van der Waals surface area contributed by atoms with Crippen molar-refractivity contribution in [3.8, 4) is 0 Å². The Morgan fingerprint density at radius 3 is 2.77 bits per heavy atom. The summed E-state index contributed by atoms with van der Waals surface area (Å²) < 4.78 is 39.2. The lowest BCUT2D eigenvalue weighted by molar-refractivity contribution is -0.392. The molecule has 0 aliphatic heterocycles. The standard InChI is InChI=1S/C13H13F3N4O2/c1-9-18-8-12(20(21)22)19(9)6-5-17-11-4-2-3-10(7-11)13(14,15)16/h2-4,7-8,17H,5-6H2,1H3. The summed E-state index contributed by atoms with van der Waals surface area (Å²) in [6, 6.07) is 4.78. The van der Waals surface area contributed by atoms with Crippen LogP contribution in [0.4, 0.5) is 24.7 Å². The highest BCUT2D eigenvalue weighted by Gasteiger charge is 2.30. The number of aryl methyl sites for hydroxylation is 1. The summed E-state index contributed by atoms with van der Waals surface area (Å²) in [6.45, 7) is 2.08. The van der Waals surface area contributed by atoms with Crippen LogP contribution in [0.1, 0.15) is 11.4 Å². The lowest BCUT2D eigenvalue weighted by Crippen LogP contribution is -2.14. The van der Waals surface area contributed by atoms with E-state index in [0.717, 1.165) is 18.3 Å². The molecule has 0 fully saturated rings. The predicted molar refractivity (Wildman–Crippen MR) is 73.6 cm³/mol. The first-order chi connectivity index (χ1) is 10.3. The van der Waals surface area contributed by atoms with Crippen molar-refractivity contribution in [2.24, 2.45) is 0 Å². The van der Waals surface area contributed by atoms with Gasteiger partial charge in [-0.3, -0.25) is 0 Å². The second kappa shape index (κ2) is 6.04. The fourth-order valence-electron chi connectivity index (χ4n) is 2.00. The lowest BCUT2D eigenvalue weighted by Gasteiger charge is -2.10. The molecule has 9 heteroatoms. The van der Waals surface area contributed by atoms with Crippen LogP contribution in [0.15, 0.2) is 30.5 Å². The number of hydrogen-bond acceptors (Lipinski definition) is 4. The van der Waals surface area contributed by atoms with Crippen molar-refractivity contribution in [1.29, 1.82) is 0 Å². The highest BCUT2D eigenvalue weighted by atomic mass is 19.4. The first-order valence-electron chi connectivity index (χ1n) is 6.36. The molecule has 0 saturated heterocycles. The Hall–Kier alpha value is -2.58. The van der Waals surface area contributed by atoms with Gasteiger partial charge < -0.3 is 15.4 Å². The van der Waals surface area contributed by atoms with Crippen LogP contribution in [0.25, 0.3) is 0 Å². The Bertz CT molecular complexity index is 682. The zero-order valence-electron chi connectivity index (χ0n) is 11.6. The summed E-state index contributed by atoms with van der Waals surface area (Å²) in [5.74, 6) is 0.320. The summed E-state index contributed by atoms with van der Waals surface area (Å²) >= 11 is 0. The largest absolute Gasteiger partial charge is 0.416 e. The molecule has 22 heavy (non-hydrogen) atoms. The van der Waals surface area contributed by atoms with Gasteiger partial charge in [0.15, 0.2) is 5.82 Å². The highest BCUT2D eigenvalue weighted by Crippen LogP contribution is 2.30. The van der Waals surface area contributed by atoms with Crippen LogP contribution in [0.3, 0.4) is 0 Å². The van der Waals surface area contributed by atoms with Gasteiger partial charge >= 0.3 is 12.0 Å². The molecule has 0 aliphatic carbocycles. The minimum Gasteiger partial charge on any atom is -0.381 e. The number of rotatable bonds is 5. The second-order valence-corrected chi connectivity index (χ2v) is 4.58. The Kier molecular flexibility index (Phi) is 4.34. The Morgan fingerprint density at radius 1 is 1.41 bits per heavy atom. The van der Waals surface area contributed by atoms with Gasteiger partial charge in [-0.15, -0.1) is 0 Å². The van der Waals surface area contributed by atoms with Gasteiger partial charge in [0.05, 0.1) is 12.1 Å². The number of nitro groups is 1. The van der Waals surface area contributed by atoms with Crippen LogP contribution in [0.5, 0.6) is 0 Å². The molecule has 0 unspecified atom stereocenters. The maximum Gasteiger partial charge on any atom is 0.416 e. The van der Waals surface area contributed by atoms with Gasteiger partial charge in [0.25, 0.3) is 0 Å². The van der Waals surface area contributed by atoms with Gasteiger partial charge in [-0.25, -0.2) is 9.55 Å². The van der Waals surface area contributed by atoms with Gasteiger partial charge in [0.1, 0.15) is 12.7 Å². The molecule has 0 atom stereocenters. The molecular formula is C13H13F3N4O2. The molecular weight excluding hydrogens is 301 g/mol. The molecule has 1 aromatic heterocycles. The minimum absolute atomic E-state index is 0.150. The van der Waals surface area contributed by atoms with Gasteiger partial charge in [-0.2, -0.15) is 13.2 Å². The predicted octanol–water partition coefficient (Wildman–Crippen LogP) is 3.23. The van der Waals surface area contributed by atoms with E-state index in [1.165, 1.54) is 16.7 Å². The van der Waals surface area contributed by atoms with Crippen molar-refractivity contribution >= 4 is 11.5 Å². The lowest BCUT2D eigenvalue weighted by atomic mass is 10.2. The van der Waals surface area contributed by atoms with E-state index in [-0.39, 0.29) is 18.9 Å². The zero-order chi connectivity index (χ0) is 16.3. The van der Waals surface area contributed by atoms with Crippen LogP contribution in [0, 0.1) is 17.0 Å². The third-order valence-corrected chi connectivity index (χ3v) is 3.08. The van der Waals surface area contributed by atoms with Crippen molar-refractivity contribution in [3.05, 3.63) is 52.0 Å². The van der Waals surface area contributed by atoms with E-state index in [4.69, 9.17) is 0 Å². The summed E-state index contributed by atoms with van der Waals surface area (Å²) in [6.07, 6.45) is -3.25. The summed E-state index contributed by atoms with van der Waals surface area (Å²) in [4.78, 5) is 14.1. The summed E-state index contributed by atoms with van der Waals surface area (Å²) in [5.41, 5.74) is -0.447. The molecule has 1 heterocycles. The Labute approximate surface area is 123 Å². The molecule has 2 aromatic rings. The average molecular weight is 314 g/mol. The molecule has 0 radical (unpaired) electrons. The van der Waals surface area contributed by atoms with Crippen LogP contribution in [-0.4, -0.2) is 21.0 Å². The van der Waals surface area contributed by atoms with Crippen LogP contribution in [0.2, 0.25) is 0 Å². The fraction of sp³-hybridized carbons (Fsp3) is 0.308. The average Bonchev–Trinajstić information content (AvgIpc) is 2.80. The summed E-state index contributed by atoms with van der Waals surface area (Å²) in [7, 11) is 0. The van der Waals surface area contributed by atoms with Crippen LogP contribution < -0.4 is 5.32 Å². The SMILES string of the molecule is Cc1ncc([N+](=O)[O-])n1CCNc1cccc(C(F)(F)F)c1. The number of alkyl halides is 3.